The molecule has 3 rings (SSSR count). The van der Waals surface area contributed by atoms with E-state index < -0.39 is 0 Å². The smallest absolute Gasteiger partial charge is 0.131 e. The third-order valence-electron chi connectivity index (χ3n) is 3.57. The third-order valence-corrected chi connectivity index (χ3v) is 4.50. The second-order valence-corrected chi connectivity index (χ2v) is 5.99. The van der Waals surface area contributed by atoms with Crippen LogP contribution in [0.15, 0.2) is 54.4 Å². The lowest BCUT2D eigenvalue weighted by Crippen LogP contribution is -2.27. The summed E-state index contributed by atoms with van der Waals surface area (Å²) in [4.78, 5) is 9.86. The number of aryl methyl sites for hydroxylation is 1. The summed E-state index contributed by atoms with van der Waals surface area (Å²) in [5, 5.41) is 5.78. The quantitative estimate of drug-likeness (QED) is 0.786. The van der Waals surface area contributed by atoms with Gasteiger partial charge in [-0.2, -0.15) is 0 Å². The molecule has 21 heavy (non-hydrogen) atoms. The molecule has 0 saturated carbocycles. The molecule has 0 aliphatic heterocycles. The molecule has 4 nitrogen and oxygen atoms in total. The van der Waals surface area contributed by atoms with E-state index in [2.05, 4.69) is 44.3 Å². The van der Waals surface area contributed by atoms with Crippen molar-refractivity contribution in [2.24, 2.45) is 7.05 Å². The molecule has 1 N–H and O–H groups in total. The van der Waals surface area contributed by atoms with Gasteiger partial charge in [0.15, 0.2) is 0 Å². The average Bonchev–Trinajstić information content (AvgIpc) is 3.17. The van der Waals surface area contributed by atoms with Crippen LogP contribution in [0.5, 0.6) is 0 Å². The third kappa shape index (κ3) is 3.04. The molecule has 0 aromatic carbocycles. The predicted octanol–water partition coefficient (Wildman–Crippen LogP) is 3.32. The van der Waals surface area contributed by atoms with Crippen molar-refractivity contribution in [1.82, 2.24) is 19.9 Å². The Bertz CT molecular complexity index is 675. The van der Waals surface area contributed by atoms with E-state index in [1.165, 1.54) is 10.4 Å². The Morgan fingerprint density at radius 3 is 2.62 bits per heavy atom. The van der Waals surface area contributed by atoms with Gasteiger partial charge in [-0.15, -0.1) is 11.3 Å². The van der Waals surface area contributed by atoms with Crippen molar-refractivity contribution in [3.05, 3.63) is 70.7 Å². The number of pyridine rings is 1. The fraction of sp³-hybridized carbons (Fsp3) is 0.250. The van der Waals surface area contributed by atoms with Gasteiger partial charge in [0, 0.05) is 42.8 Å². The first-order valence-electron chi connectivity index (χ1n) is 6.92. The summed E-state index contributed by atoms with van der Waals surface area (Å²) in [6.45, 7) is 2.17. The van der Waals surface area contributed by atoms with Gasteiger partial charge in [0.1, 0.15) is 11.9 Å². The van der Waals surface area contributed by atoms with Gasteiger partial charge in [0.05, 0.1) is 0 Å². The first-order chi connectivity index (χ1) is 10.3. The standard InChI is InChI=1S/C16H18N4S/c1-12(13-5-7-17-8-6-13)19-15(14-4-3-11-21-14)16-18-9-10-20(16)2/h3-12,15,19H,1-2H3/t12-,15?/m0/s1. The van der Waals surface area contributed by atoms with Crippen LogP contribution in [0.4, 0.5) is 0 Å². The van der Waals surface area contributed by atoms with E-state index in [1.807, 2.05) is 44.0 Å². The first kappa shape index (κ1) is 14.0. The number of nitrogens with one attached hydrogen (secondary N) is 1. The molecule has 0 saturated heterocycles. The molecular weight excluding hydrogens is 280 g/mol. The summed E-state index contributed by atoms with van der Waals surface area (Å²) < 4.78 is 2.07. The lowest BCUT2D eigenvalue weighted by Gasteiger charge is -2.22. The van der Waals surface area contributed by atoms with E-state index in [1.54, 1.807) is 11.3 Å². The highest BCUT2D eigenvalue weighted by molar-refractivity contribution is 7.10. The molecule has 3 heterocycles. The zero-order chi connectivity index (χ0) is 14.7. The monoisotopic (exact) mass is 298 g/mol. The fourth-order valence-corrected chi connectivity index (χ4v) is 3.17. The molecule has 0 fully saturated rings. The zero-order valence-electron chi connectivity index (χ0n) is 12.1. The number of aromatic nitrogens is 3. The van der Waals surface area contributed by atoms with Crippen LogP contribution in [-0.4, -0.2) is 14.5 Å². The molecule has 0 amide bonds. The topological polar surface area (TPSA) is 42.7 Å². The summed E-state index contributed by atoms with van der Waals surface area (Å²) in [5.74, 6) is 1.03. The number of nitrogens with zero attached hydrogens (tertiary/aromatic N) is 3. The van der Waals surface area contributed by atoms with Crippen LogP contribution in [0, 0.1) is 0 Å². The Kier molecular flexibility index (Phi) is 4.13. The van der Waals surface area contributed by atoms with Crippen LogP contribution in [-0.2, 0) is 7.05 Å². The van der Waals surface area contributed by atoms with Gasteiger partial charge in [0.2, 0.25) is 0 Å². The fourth-order valence-electron chi connectivity index (χ4n) is 2.39. The van der Waals surface area contributed by atoms with E-state index in [0.29, 0.717) is 0 Å². The highest BCUT2D eigenvalue weighted by Gasteiger charge is 2.21. The van der Waals surface area contributed by atoms with Crippen LogP contribution in [0.25, 0.3) is 0 Å². The number of rotatable bonds is 5. The van der Waals surface area contributed by atoms with Crippen LogP contribution in [0.2, 0.25) is 0 Å². The van der Waals surface area contributed by atoms with E-state index in [4.69, 9.17) is 0 Å². The molecule has 2 atom stereocenters. The van der Waals surface area contributed by atoms with Crippen molar-refractivity contribution in [3.8, 4) is 0 Å². The van der Waals surface area contributed by atoms with Gasteiger partial charge >= 0.3 is 0 Å². The predicted molar refractivity (Wildman–Crippen MR) is 85.2 cm³/mol. The van der Waals surface area contributed by atoms with Crippen LogP contribution in [0.3, 0.4) is 0 Å². The van der Waals surface area contributed by atoms with Crippen molar-refractivity contribution in [2.75, 3.05) is 0 Å². The Morgan fingerprint density at radius 1 is 1.19 bits per heavy atom. The average molecular weight is 298 g/mol. The van der Waals surface area contributed by atoms with Crippen molar-refractivity contribution in [3.63, 3.8) is 0 Å². The van der Waals surface area contributed by atoms with Gasteiger partial charge in [0.25, 0.3) is 0 Å². The summed E-state index contributed by atoms with van der Waals surface area (Å²) in [6.07, 6.45) is 7.48. The van der Waals surface area contributed by atoms with Crippen molar-refractivity contribution < 1.29 is 0 Å². The highest BCUT2D eigenvalue weighted by Crippen LogP contribution is 2.27. The Balaban J connectivity index is 1.89. The van der Waals surface area contributed by atoms with Crippen molar-refractivity contribution in [2.45, 2.75) is 19.0 Å². The van der Waals surface area contributed by atoms with Crippen LogP contribution in [0.1, 0.15) is 35.3 Å². The lowest BCUT2D eigenvalue weighted by molar-refractivity contribution is 0.494. The molecule has 0 bridgehead atoms. The van der Waals surface area contributed by atoms with Gasteiger partial charge < -0.3 is 4.57 Å². The molecule has 5 heteroatoms. The number of thiophene rings is 1. The zero-order valence-corrected chi connectivity index (χ0v) is 12.9. The van der Waals surface area contributed by atoms with E-state index in [0.717, 1.165) is 5.82 Å². The van der Waals surface area contributed by atoms with E-state index >= 15 is 0 Å². The maximum absolute atomic E-state index is 4.51. The molecule has 0 aliphatic rings. The largest absolute Gasteiger partial charge is 0.336 e. The molecule has 0 spiro atoms. The van der Waals surface area contributed by atoms with Gasteiger partial charge in [-0.25, -0.2) is 4.98 Å². The number of hydrogen-bond donors (Lipinski definition) is 1. The summed E-state index contributed by atoms with van der Waals surface area (Å²) >= 11 is 1.75. The minimum absolute atomic E-state index is 0.0909. The second-order valence-electron chi connectivity index (χ2n) is 5.01. The van der Waals surface area contributed by atoms with Gasteiger partial charge in [-0.3, -0.25) is 10.3 Å². The molecule has 108 valence electrons. The van der Waals surface area contributed by atoms with E-state index in [9.17, 15) is 0 Å². The van der Waals surface area contributed by atoms with Gasteiger partial charge in [-0.05, 0) is 36.1 Å². The Morgan fingerprint density at radius 2 is 2.00 bits per heavy atom. The Labute approximate surface area is 128 Å². The number of imidazole rings is 1. The maximum Gasteiger partial charge on any atom is 0.131 e. The first-order valence-corrected chi connectivity index (χ1v) is 7.80. The summed E-state index contributed by atoms with van der Waals surface area (Å²) in [5.41, 5.74) is 1.22. The normalized spacial score (nSPS) is 14.0. The minimum Gasteiger partial charge on any atom is -0.336 e. The highest BCUT2D eigenvalue weighted by atomic mass is 32.1. The summed E-state index contributed by atoms with van der Waals surface area (Å²) in [6, 6.07) is 8.62. The van der Waals surface area contributed by atoms with Crippen molar-refractivity contribution in [1.29, 1.82) is 0 Å². The molecule has 0 aliphatic carbocycles. The molecule has 3 aromatic heterocycles. The molecular formula is C16H18N4S. The Hall–Kier alpha value is -1.98. The van der Waals surface area contributed by atoms with E-state index in [-0.39, 0.29) is 12.1 Å². The lowest BCUT2D eigenvalue weighted by atomic mass is 10.1. The minimum atomic E-state index is 0.0909. The van der Waals surface area contributed by atoms with Crippen molar-refractivity contribution >= 4 is 11.3 Å². The SMILES string of the molecule is C[C@H](NC(c1cccs1)c1nccn1C)c1ccncc1. The maximum atomic E-state index is 4.51. The molecule has 3 aromatic rings. The second kappa shape index (κ2) is 6.20. The van der Waals surface area contributed by atoms with Crippen LogP contribution < -0.4 is 5.32 Å². The molecule has 1 unspecified atom stereocenters. The number of hydrogen-bond acceptors (Lipinski definition) is 4. The summed E-state index contributed by atoms with van der Waals surface area (Å²) in [7, 11) is 2.03. The van der Waals surface area contributed by atoms with Crippen LogP contribution >= 0.6 is 11.3 Å². The van der Waals surface area contributed by atoms with Gasteiger partial charge in [-0.1, -0.05) is 6.07 Å². The molecule has 0 radical (unpaired) electrons.